The average molecular weight is 489 g/mol. The van der Waals surface area contributed by atoms with E-state index in [2.05, 4.69) is 36.5 Å². The van der Waals surface area contributed by atoms with Gasteiger partial charge in [-0.2, -0.15) is 15.3 Å². The fourth-order valence-corrected chi connectivity index (χ4v) is 3.51. The van der Waals surface area contributed by atoms with Crippen LogP contribution in [0.15, 0.2) is 53.4 Å². The van der Waals surface area contributed by atoms with Gasteiger partial charge >= 0.3 is 0 Å². The molecule has 8 nitrogen and oxygen atoms in total. The van der Waals surface area contributed by atoms with E-state index in [0.29, 0.717) is 29.6 Å². The molecular weight excluding hydrogens is 470 g/mol. The minimum Gasteiger partial charge on any atom is -0.321 e. The van der Waals surface area contributed by atoms with E-state index in [4.69, 9.17) is 11.6 Å². The normalized spacial score (nSPS) is 11.1. The van der Waals surface area contributed by atoms with Gasteiger partial charge in [-0.1, -0.05) is 23.7 Å². The first kappa shape index (κ1) is 20.4. The first-order chi connectivity index (χ1) is 14.4. The molecule has 3 aromatic heterocycles. The molecule has 0 radical (unpaired) electrons. The molecule has 0 bridgehead atoms. The Labute approximate surface area is 186 Å². The van der Waals surface area contributed by atoms with Gasteiger partial charge in [-0.05, 0) is 53.5 Å². The summed E-state index contributed by atoms with van der Waals surface area (Å²) in [5, 5.41) is 16.5. The van der Waals surface area contributed by atoms with E-state index in [1.54, 1.807) is 34.0 Å². The summed E-state index contributed by atoms with van der Waals surface area (Å²) >= 11 is 9.43. The van der Waals surface area contributed by atoms with Gasteiger partial charge in [-0.25, -0.2) is 4.68 Å². The van der Waals surface area contributed by atoms with Gasteiger partial charge in [0.15, 0.2) is 5.69 Å². The Morgan fingerprint density at radius 1 is 1.20 bits per heavy atom. The summed E-state index contributed by atoms with van der Waals surface area (Å²) in [4.78, 5) is 12.6. The molecule has 3 heterocycles. The minimum atomic E-state index is -0.275. The molecule has 0 aliphatic heterocycles. The average Bonchev–Trinajstić information content (AvgIpc) is 3.40. The highest BCUT2D eigenvalue weighted by Crippen LogP contribution is 2.20. The predicted octanol–water partition coefficient (Wildman–Crippen LogP) is 4.12. The molecule has 4 aromatic rings. The van der Waals surface area contributed by atoms with E-state index in [0.717, 1.165) is 21.4 Å². The van der Waals surface area contributed by atoms with Gasteiger partial charge in [0.2, 0.25) is 0 Å². The van der Waals surface area contributed by atoms with Crippen molar-refractivity contribution in [2.75, 3.05) is 5.32 Å². The summed E-state index contributed by atoms with van der Waals surface area (Å²) in [5.41, 5.74) is 3.93. The smallest absolute Gasteiger partial charge is 0.276 e. The van der Waals surface area contributed by atoms with Crippen LogP contribution in [0.5, 0.6) is 0 Å². The standard InChI is InChI=1S/C20H19BrClN7O/c1-13-19(21)14(2)29(25-13)12-27-7-6-18(26-27)20(30)24-17-5-3-4-15(8-17)10-28-11-16(22)9-23-28/h3-9,11H,10,12H2,1-2H3,(H,24,30). The Morgan fingerprint density at radius 3 is 2.73 bits per heavy atom. The second-order valence-electron chi connectivity index (χ2n) is 6.88. The minimum absolute atomic E-state index is 0.275. The fraction of sp³-hybridized carbons (Fsp3) is 0.200. The van der Waals surface area contributed by atoms with Crippen molar-refractivity contribution in [3.63, 3.8) is 0 Å². The number of anilines is 1. The molecule has 0 saturated carbocycles. The maximum absolute atomic E-state index is 12.6. The molecule has 0 fully saturated rings. The van der Waals surface area contributed by atoms with Gasteiger partial charge in [-0.3, -0.25) is 14.2 Å². The number of benzene rings is 1. The zero-order chi connectivity index (χ0) is 21.3. The largest absolute Gasteiger partial charge is 0.321 e. The molecule has 1 N–H and O–H groups in total. The number of aromatic nitrogens is 6. The highest BCUT2D eigenvalue weighted by atomic mass is 79.9. The third-order valence-electron chi connectivity index (χ3n) is 4.58. The highest BCUT2D eigenvalue weighted by Gasteiger charge is 2.13. The van der Waals surface area contributed by atoms with Gasteiger partial charge in [-0.15, -0.1) is 0 Å². The molecule has 0 aliphatic rings. The lowest BCUT2D eigenvalue weighted by molar-refractivity contribution is 0.102. The third kappa shape index (κ3) is 4.47. The van der Waals surface area contributed by atoms with E-state index >= 15 is 0 Å². The van der Waals surface area contributed by atoms with Crippen molar-refractivity contribution in [2.24, 2.45) is 0 Å². The van der Waals surface area contributed by atoms with Gasteiger partial charge in [0.25, 0.3) is 5.91 Å². The molecule has 1 aromatic carbocycles. The topological polar surface area (TPSA) is 82.6 Å². The lowest BCUT2D eigenvalue weighted by atomic mass is 10.2. The van der Waals surface area contributed by atoms with Crippen LogP contribution in [-0.4, -0.2) is 35.2 Å². The summed E-state index contributed by atoms with van der Waals surface area (Å²) in [6.45, 7) is 4.90. The number of rotatable bonds is 6. The molecule has 0 saturated heterocycles. The monoisotopic (exact) mass is 487 g/mol. The molecule has 0 atom stereocenters. The maximum atomic E-state index is 12.6. The quantitative estimate of drug-likeness (QED) is 0.443. The van der Waals surface area contributed by atoms with Crippen molar-refractivity contribution in [3.05, 3.63) is 81.1 Å². The van der Waals surface area contributed by atoms with Gasteiger partial charge in [0, 0.05) is 18.1 Å². The molecule has 1 amide bonds. The fourth-order valence-electron chi connectivity index (χ4n) is 3.07. The Kier molecular flexibility index (Phi) is 5.74. The zero-order valence-corrected chi connectivity index (χ0v) is 18.7. The number of carbonyl (C=O) groups excluding carboxylic acids is 1. The summed E-state index contributed by atoms with van der Waals surface area (Å²) < 4.78 is 6.23. The molecule has 4 rings (SSSR count). The number of hydrogen-bond donors (Lipinski definition) is 1. The van der Waals surface area contributed by atoms with Gasteiger partial charge < -0.3 is 5.32 Å². The molecule has 0 unspecified atom stereocenters. The van der Waals surface area contributed by atoms with E-state index in [1.807, 2.05) is 42.8 Å². The number of hydrogen-bond acceptors (Lipinski definition) is 4. The van der Waals surface area contributed by atoms with E-state index in [1.165, 1.54) is 0 Å². The summed E-state index contributed by atoms with van der Waals surface area (Å²) in [5.74, 6) is -0.275. The molecule has 154 valence electrons. The molecule has 10 heteroatoms. The maximum Gasteiger partial charge on any atom is 0.276 e. The van der Waals surface area contributed by atoms with E-state index in [-0.39, 0.29) is 5.91 Å². The zero-order valence-electron chi connectivity index (χ0n) is 16.4. The predicted molar refractivity (Wildman–Crippen MR) is 118 cm³/mol. The Morgan fingerprint density at radius 2 is 2.03 bits per heavy atom. The van der Waals surface area contributed by atoms with Gasteiger partial charge in [0.05, 0.1) is 33.6 Å². The van der Waals surface area contributed by atoms with Crippen LogP contribution in [0.3, 0.4) is 0 Å². The summed E-state index contributed by atoms with van der Waals surface area (Å²) in [7, 11) is 0. The lowest BCUT2D eigenvalue weighted by Crippen LogP contribution is -2.16. The van der Waals surface area contributed by atoms with Crippen molar-refractivity contribution in [1.29, 1.82) is 0 Å². The Balaban J connectivity index is 1.43. The van der Waals surface area contributed by atoms with Crippen LogP contribution in [0.1, 0.15) is 27.4 Å². The Hall–Kier alpha value is -2.91. The second-order valence-corrected chi connectivity index (χ2v) is 8.11. The van der Waals surface area contributed by atoms with Crippen molar-refractivity contribution >= 4 is 39.1 Å². The number of nitrogens with one attached hydrogen (secondary N) is 1. The van der Waals surface area contributed by atoms with Crippen LogP contribution in [0.2, 0.25) is 5.02 Å². The van der Waals surface area contributed by atoms with Crippen molar-refractivity contribution in [3.8, 4) is 0 Å². The number of aryl methyl sites for hydroxylation is 1. The highest BCUT2D eigenvalue weighted by molar-refractivity contribution is 9.10. The number of halogens is 2. The number of nitrogens with zero attached hydrogens (tertiary/aromatic N) is 6. The number of amides is 1. The lowest BCUT2D eigenvalue weighted by Gasteiger charge is -2.07. The van der Waals surface area contributed by atoms with Crippen LogP contribution in [0.4, 0.5) is 5.69 Å². The van der Waals surface area contributed by atoms with Crippen LogP contribution in [0.25, 0.3) is 0 Å². The van der Waals surface area contributed by atoms with E-state index in [9.17, 15) is 4.79 Å². The van der Waals surface area contributed by atoms with Crippen molar-refractivity contribution < 1.29 is 4.79 Å². The second kappa shape index (κ2) is 8.45. The first-order valence-corrected chi connectivity index (χ1v) is 10.4. The molecule has 30 heavy (non-hydrogen) atoms. The van der Waals surface area contributed by atoms with Crippen LogP contribution >= 0.6 is 27.5 Å². The molecule has 0 aliphatic carbocycles. The summed E-state index contributed by atoms with van der Waals surface area (Å²) in [6.07, 6.45) is 5.10. The Bertz CT molecular complexity index is 1210. The number of carbonyl (C=O) groups is 1. The van der Waals surface area contributed by atoms with Gasteiger partial charge in [0.1, 0.15) is 6.67 Å². The summed E-state index contributed by atoms with van der Waals surface area (Å²) in [6, 6.07) is 9.27. The molecular formula is C20H19BrClN7O. The van der Waals surface area contributed by atoms with Crippen LogP contribution in [-0.2, 0) is 13.2 Å². The van der Waals surface area contributed by atoms with E-state index < -0.39 is 0 Å². The van der Waals surface area contributed by atoms with Crippen LogP contribution < -0.4 is 5.32 Å². The van der Waals surface area contributed by atoms with Crippen LogP contribution in [0, 0.1) is 13.8 Å². The first-order valence-electron chi connectivity index (χ1n) is 9.20. The van der Waals surface area contributed by atoms with Crippen molar-refractivity contribution in [1.82, 2.24) is 29.3 Å². The third-order valence-corrected chi connectivity index (χ3v) is 5.92. The van der Waals surface area contributed by atoms with Crippen molar-refractivity contribution in [2.45, 2.75) is 27.1 Å². The SMILES string of the molecule is Cc1nn(Cn2ccc(C(=O)Nc3cccc(Cn4cc(Cl)cn4)c3)n2)c(C)c1Br. The molecule has 0 spiro atoms.